The van der Waals surface area contributed by atoms with Gasteiger partial charge in [0.1, 0.15) is 18.1 Å². The zero-order valence-electron chi connectivity index (χ0n) is 10.4. The lowest BCUT2D eigenvalue weighted by atomic mass is 10.2. The Hall–Kier alpha value is -2.61. The summed E-state index contributed by atoms with van der Waals surface area (Å²) in [5.41, 5.74) is 1.33. The minimum absolute atomic E-state index is 0.107. The molecule has 2 aromatic rings. The first-order chi connectivity index (χ1) is 9.67. The quantitative estimate of drug-likeness (QED) is 0.834. The molecular formula is C15H11F2NO2. The number of hydrogen-bond donors (Lipinski definition) is 0. The van der Waals surface area contributed by atoms with Crippen LogP contribution in [0.4, 0.5) is 8.78 Å². The van der Waals surface area contributed by atoms with Gasteiger partial charge in [-0.25, -0.2) is 0 Å². The van der Waals surface area contributed by atoms with Gasteiger partial charge in [-0.1, -0.05) is 18.2 Å². The Bertz CT molecular complexity index is 606. The highest BCUT2D eigenvalue weighted by Gasteiger charge is 2.04. The van der Waals surface area contributed by atoms with Gasteiger partial charge in [-0.2, -0.15) is 14.0 Å². The maximum atomic E-state index is 12.0. The predicted octanol–water partition coefficient (Wildman–Crippen LogP) is 3.74. The van der Waals surface area contributed by atoms with E-state index in [4.69, 9.17) is 10.00 Å². The van der Waals surface area contributed by atoms with Gasteiger partial charge in [0.15, 0.2) is 0 Å². The van der Waals surface area contributed by atoms with E-state index in [1.54, 1.807) is 36.4 Å². The highest BCUT2D eigenvalue weighted by molar-refractivity contribution is 5.36. The third-order valence-electron chi connectivity index (χ3n) is 2.52. The van der Waals surface area contributed by atoms with Gasteiger partial charge in [0.2, 0.25) is 0 Å². The van der Waals surface area contributed by atoms with E-state index in [1.165, 1.54) is 12.1 Å². The van der Waals surface area contributed by atoms with Gasteiger partial charge in [-0.15, -0.1) is 0 Å². The van der Waals surface area contributed by atoms with Crippen LogP contribution in [0.25, 0.3) is 0 Å². The Morgan fingerprint density at radius 1 is 1.05 bits per heavy atom. The van der Waals surface area contributed by atoms with Crippen molar-refractivity contribution in [1.29, 1.82) is 5.26 Å². The van der Waals surface area contributed by atoms with E-state index in [-0.39, 0.29) is 12.4 Å². The van der Waals surface area contributed by atoms with Gasteiger partial charge in [-0.3, -0.25) is 0 Å². The Morgan fingerprint density at radius 3 is 2.45 bits per heavy atom. The Morgan fingerprint density at radius 2 is 1.80 bits per heavy atom. The van der Waals surface area contributed by atoms with Crippen molar-refractivity contribution in [2.45, 2.75) is 13.2 Å². The van der Waals surface area contributed by atoms with Crippen LogP contribution < -0.4 is 9.47 Å². The second-order valence-electron chi connectivity index (χ2n) is 3.95. The van der Waals surface area contributed by atoms with Crippen molar-refractivity contribution < 1.29 is 18.3 Å². The minimum atomic E-state index is -2.83. The Labute approximate surface area is 115 Å². The molecule has 0 saturated carbocycles. The molecule has 0 aliphatic heterocycles. The fourth-order valence-electron chi connectivity index (χ4n) is 1.59. The summed E-state index contributed by atoms with van der Waals surface area (Å²) in [4.78, 5) is 0. The number of rotatable bonds is 5. The molecule has 0 N–H and O–H groups in total. The molecule has 0 unspecified atom stereocenters. The van der Waals surface area contributed by atoms with Crippen LogP contribution in [0.5, 0.6) is 11.5 Å². The van der Waals surface area contributed by atoms with Crippen molar-refractivity contribution in [3.63, 3.8) is 0 Å². The molecule has 2 rings (SSSR count). The molecule has 3 nitrogen and oxygen atoms in total. The molecule has 5 heteroatoms. The van der Waals surface area contributed by atoms with Crippen molar-refractivity contribution in [2.24, 2.45) is 0 Å². The van der Waals surface area contributed by atoms with E-state index in [1.807, 2.05) is 6.07 Å². The van der Waals surface area contributed by atoms with Gasteiger partial charge in [-0.05, 0) is 35.9 Å². The van der Waals surface area contributed by atoms with E-state index in [2.05, 4.69) is 4.74 Å². The first-order valence-corrected chi connectivity index (χ1v) is 5.84. The van der Waals surface area contributed by atoms with E-state index < -0.39 is 6.61 Å². The van der Waals surface area contributed by atoms with E-state index in [0.29, 0.717) is 11.3 Å². The highest BCUT2D eigenvalue weighted by Crippen LogP contribution is 2.17. The monoisotopic (exact) mass is 275 g/mol. The van der Waals surface area contributed by atoms with E-state index >= 15 is 0 Å². The molecule has 0 amide bonds. The standard InChI is InChI=1S/C15H11F2NO2/c16-15(17)20-13-6-4-11(5-7-13)10-19-14-3-1-2-12(8-14)9-18/h1-8,15H,10H2. The molecule has 102 valence electrons. The number of ether oxygens (including phenoxy) is 2. The topological polar surface area (TPSA) is 42.2 Å². The van der Waals surface area contributed by atoms with Crippen molar-refractivity contribution in [1.82, 2.24) is 0 Å². The summed E-state index contributed by atoms with van der Waals surface area (Å²) in [6.45, 7) is -2.55. The third kappa shape index (κ3) is 3.95. The first-order valence-electron chi connectivity index (χ1n) is 5.84. The number of benzene rings is 2. The lowest BCUT2D eigenvalue weighted by Crippen LogP contribution is -2.02. The normalized spacial score (nSPS) is 10.1. The molecule has 0 aliphatic rings. The van der Waals surface area contributed by atoms with Crippen LogP contribution in [-0.2, 0) is 6.61 Å². The third-order valence-corrected chi connectivity index (χ3v) is 2.52. The number of nitrogens with zero attached hydrogens (tertiary/aromatic N) is 1. The van der Waals surface area contributed by atoms with Crippen LogP contribution in [0.3, 0.4) is 0 Å². The number of halogens is 2. The largest absolute Gasteiger partial charge is 0.489 e. The molecule has 0 aliphatic carbocycles. The van der Waals surface area contributed by atoms with Gasteiger partial charge in [0, 0.05) is 0 Å². The summed E-state index contributed by atoms with van der Waals surface area (Å²) in [5.74, 6) is 0.687. The number of alkyl halides is 2. The maximum Gasteiger partial charge on any atom is 0.387 e. The lowest BCUT2D eigenvalue weighted by molar-refractivity contribution is -0.0498. The summed E-state index contributed by atoms with van der Waals surface area (Å²) >= 11 is 0. The molecule has 0 saturated heterocycles. The van der Waals surface area contributed by atoms with Crippen molar-refractivity contribution >= 4 is 0 Å². The van der Waals surface area contributed by atoms with Gasteiger partial charge < -0.3 is 9.47 Å². The van der Waals surface area contributed by atoms with Crippen molar-refractivity contribution in [3.05, 3.63) is 59.7 Å². The minimum Gasteiger partial charge on any atom is -0.489 e. The summed E-state index contributed by atoms with van der Waals surface area (Å²) < 4.78 is 33.7. The van der Waals surface area contributed by atoms with Crippen molar-refractivity contribution in [2.75, 3.05) is 0 Å². The van der Waals surface area contributed by atoms with E-state index in [9.17, 15) is 8.78 Å². The van der Waals surface area contributed by atoms with Gasteiger partial charge in [0.25, 0.3) is 0 Å². The zero-order valence-corrected chi connectivity index (χ0v) is 10.4. The zero-order chi connectivity index (χ0) is 14.4. The molecule has 0 spiro atoms. The average Bonchev–Trinajstić information content (AvgIpc) is 2.46. The molecule has 20 heavy (non-hydrogen) atoms. The van der Waals surface area contributed by atoms with Gasteiger partial charge in [0.05, 0.1) is 11.6 Å². The lowest BCUT2D eigenvalue weighted by Gasteiger charge is -2.08. The highest BCUT2D eigenvalue weighted by atomic mass is 19.3. The van der Waals surface area contributed by atoms with E-state index in [0.717, 1.165) is 5.56 Å². The summed E-state index contributed by atoms with van der Waals surface area (Å²) in [6.07, 6.45) is 0. The van der Waals surface area contributed by atoms with Crippen LogP contribution in [-0.4, -0.2) is 6.61 Å². The first kappa shape index (κ1) is 13.8. The van der Waals surface area contributed by atoms with Crippen LogP contribution in [0, 0.1) is 11.3 Å². The molecule has 0 heterocycles. The molecule has 0 radical (unpaired) electrons. The van der Waals surface area contributed by atoms with Crippen LogP contribution >= 0.6 is 0 Å². The molecule has 2 aromatic carbocycles. The number of hydrogen-bond acceptors (Lipinski definition) is 3. The summed E-state index contributed by atoms with van der Waals surface area (Å²) in [7, 11) is 0. The fourth-order valence-corrected chi connectivity index (χ4v) is 1.59. The maximum absolute atomic E-state index is 12.0. The van der Waals surface area contributed by atoms with Gasteiger partial charge >= 0.3 is 6.61 Å². The smallest absolute Gasteiger partial charge is 0.387 e. The molecule has 0 aromatic heterocycles. The summed E-state index contributed by atoms with van der Waals surface area (Å²) in [6, 6.07) is 15.0. The molecule has 0 bridgehead atoms. The van der Waals surface area contributed by atoms with Crippen molar-refractivity contribution in [3.8, 4) is 17.6 Å². The van der Waals surface area contributed by atoms with Crippen LogP contribution in [0.15, 0.2) is 48.5 Å². The average molecular weight is 275 g/mol. The SMILES string of the molecule is N#Cc1cccc(OCc2ccc(OC(F)F)cc2)c1. The Kier molecular flexibility index (Phi) is 4.51. The number of nitriles is 1. The van der Waals surface area contributed by atoms with Crippen LogP contribution in [0.2, 0.25) is 0 Å². The molecular weight excluding hydrogens is 264 g/mol. The second-order valence-corrected chi connectivity index (χ2v) is 3.95. The fraction of sp³-hybridized carbons (Fsp3) is 0.133. The summed E-state index contributed by atoms with van der Waals surface area (Å²) in [5, 5.41) is 8.77. The Balaban J connectivity index is 1.95. The second kappa shape index (κ2) is 6.53. The molecule has 0 fully saturated rings. The predicted molar refractivity (Wildman–Crippen MR) is 68.6 cm³/mol. The molecule has 0 atom stereocenters. The van der Waals surface area contributed by atoms with Crippen LogP contribution in [0.1, 0.15) is 11.1 Å².